The maximum Gasteiger partial charge on any atom is 0.271 e. The van der Waals surface area contributed by atoms with E-state index in [1.54, 1.807) is 11.9 Å². The number of hydrogen-bond acceptors (Lipinski definition) is 4. The molecule has 2 aliphatic rings. The summed E-state index contributed by atoms with van der Waals surface area (Å²) in [6.45, 7) is 1.23. The van der Waals surface area contributed by atoms with Crippen LogP contribution in [0.4, 0.5) is 0 Å². The van der Waals surface area contributed by atoms with E-state index in [9.17, 15) is 14.4 Å². The number of likely N-dealkylation sites (tertiary alicyclic amines) is 1. The lowest BCUT2D eigenvalue weighted by Gasteiger charge is -2.25. The Morgan fingerprint density at radius 2 is 2.09 bits per heavy atom. The molecule has 1 aromatic rings. The van der Waals surface area contributed by atoms with Gasteiger partial charge in [0.2, 0.25) is 5.91 Å². The van der Waals surface area contributed by atoms with Crippen molar-refractivity contribution in [2.45, 2.75) is 38.1 Å². The molecule has 0 radical (unpaired) electrons. The molecule has 7 heteroatoms. The number of carbonyl (C=O) groups excluding carboxylic acids is 2. The maximum atomic E-state index is 12.3. The predicted octanol–water partition coefficient (Wildman–Crippen LogP) is 0.633. The fraction of sp³-hybridized carbons (Fsp3) is 0.625. The molecule has 1 saturated carbocycles. The molecule has 1 atom stereocenters. The summed E-state index contributed by atoms with van der Waals surface area (Å²) < 4.78 is 0. The molecule has 0 spiro atoms. The largest absolute Gasteiger partial charge is 0.340 e. The molecule has 2 amide bonds. The molecule has 1 unspecified atom stereocenters. The quantitative estimate of drug-likeness (QED) is 0.882. The first-order valence-electron chi connectivity index (χ1n) is 8.14. The molecule has 1 saturated heterocycles. The fourth-order valence-electron chi connectivity index (χ4n) is 3.66. The number of carbonyl (C=O) groups is 2. The first-order chi connectivity index (χ1) is 11.0. The Labute approximate surface area is 134 Å². The molecule has 0 bridgehead atoms. The monoisotopic (exact) mass is 318 g/mol. The number of hydrogen-bond donors (Lipinski definition) is 1. The number of aromatic nitrogens is 2. The number of H-pyrrole nitrogens is 1. The van der Waals surface area contributed by atoms with Crippen LogP contribution in [0, 0.1) is 5.92 Å². The highest BCUT2D eigenvalue weighted by Crippen LogP contribution is 2.29. The summed E-state index contributed by atoms with van der Waals surface area (Å²) in [6.07, 6.45) is 7.58. The molecule has 1 aromatic heterocycles. The van der Waals surface area contributed by atoms with Crippen molar-refractivity contribution in [1.29, 1.82) is 0 Å². The van der Waals surface area contributed by atoms with Gasteiger partial charge in [0.1, 0.15) is 5.69 Å². The van der Waals surface area contributed by atoms with E-state index in [-0.39, 0.29) is 23.4 Å². The summed E-state index contributed by atoms with van der Waals surface area (Å²) in [7, 11) is 1.69. The van der Waals surface area contributed by atoms with Gasteiger partial charge in [-0.3, -0.25) is 19.4 Å². The van der Waals surface area contributed by atoms with Gasteiger partial charge in [0, 0.05) is 38.5 Å². The Morgan fingerprint density at radius 1 is 1.35 bits per heavy atom. The van der Waals surface area contributed by atoms with Gasteiger partial charge in [0.25, 0.3) is 11.5 Å². The number of nitrogens with zero attached hydrogens (tertiary/aromatic N) is 3. The molecule has 2 heterocycles. The SMILES string of the molecule is CN(CC1CC(=O)N(C2CCCC2)C1)C(=O)c1cncc(=O)[nH]1. The van der Waals surface area contributed by atoms with Crippen molar-refractivity contribution in [1.82, 2.24) is 19.8 Å². The lowest BCUT2D eigenvalue weighted by Crippen LogP contribution is -2.37. The predicted molar refractivity (Wildman–Crippen MR) is 83.9 cm³/mol. The zero-order valence-corrected chi connectivity index (χ0v) is 13.3. The van der Waals surface area contributed by atoms with Crippen LogP contribution >= 0.6 is 0 Å². The van der Waals surface area contributed by atoms with E-state index >= 15 is 0 Å². The van der Waals surface area contributed by atoms with Crippen molar-refractivity contribution in [2.24, 2.45) is 5.92 Å². The van der Waals surface area contributed by atoms with Crippen LogP contribution in [0.5, 0.6) is 0 Å². The number of aromatic amines is 1. The summed E-state index contributed by atoms with van der Waals surface area (Å²) in [5, 5.41) is 0. The third-order valence-corrected chi connectivity index (χ3v) is 4.77. The van der Waals surface area contributed by atoms with Crippen molar-refractivity contribution < 1.29 is 9.59 Å². The first kappa shape index (κ1) is 15.7. The third-order valence-electron chi connectivity index (χ3n) is 4.77. The van der Waals surface area contributed by atoms with E-state index in [1.807, 2.05) is 4.90 Å². The Balaban J connectivity index is 1.60. The second kappa shape index (κ2) is 6.52. The smallest absolute Gasteiger partial charge is 0.271 e. The Kier molecular flexibility index (Phi) is 4.45. The van der Waals surface area contributed by atoms with Gasteiger partial charge in [0.15, 0.2) is 0 Å². The zero-order chi connectivity index (χ0) is 16.4. The van der Waals surface area contributed by atoms with Gasteiger partial charge in [-0.05, 0) is 12.8 Å². The van der Waals surface area contributed by atoms with Crippen molar-refractivity contribution >= 4 is 11.8 Å². The normalized spacial score (nSPS) is 21.9. The molecule has 1 N–H and O–H groups in total. The molecule has 1 aliphatic heterocycles. The van der Waals surface area contributed by atoms with Crippen LogP contribution in [0.2, 0.25) is 0 Å². The Hall–Kier alpha value is -2.18. The molecule has 124 valence electrons. The molecule has 1 aliphatic carbocycles. The van der Waals surface area contributed by atoms with Gasteiger partial charge < -0.3 is 14.8 Å². The van der Waals surface area contributed by atoms with E-state index in [0.29, 0.717) is 19.0 Å². The van der Waals surface area contributed by atoms with Crippen molar-refractivity contribution in [3.8, 4) is 0 Å². The van der Waals surface area contributed by atoms with E-state index in [4.69, 9.17) is 0 Å². The minimum absolute atomic E-state index is 0.153. The topological polar surface area (TPSA) is 86.4 Å². The van der Waals surface area contributed by atoms with Gasteiger partial charge in [0.05, 0.1) is 12.4 Å². The molecule has 0 aromatic carbocycles. The third kappa shape index (κ3) is 3.43. The number of rotatable bonds is 4. The summed E-state index contributed by atoms with van der Waals surface area (Å²) in [4.78, 5) is 45.6. The standard InChI is InChI=1S/C16H22N4O3/c1-19(16(23)13-7-17-8-14(21)18-13)9-11-6-15(22)20(10-11)12-4-2-3-5-12/h7-8,11-12H,2-6,9-10H2,1H3,(H,18,21). The molecule has 7 nitrogen and oxygen atoms in total. The van der Waals surface area contributed by atoms with Gasteiger partial charge in [-0.15, -0.1) is 0 Å². The summed E-state index contributed by atoms with van der Waals surface area (Å²) in [5.74, 6) is 0.0833. The van der Waals surface area contributed by atoms with Crippen LogP contribution in [-0.4, -0.2) is 57.8 Å². The van der Waals surface area contributed by atoms with Gasteiger partial charge >= 0.3 is 0 Å². The van der Waals surface area contributed by atoms with Crippen LogP contribution in [0.25, 0.3) is 0 Å². The molecule has 3 rings (SSSR count). The zero-order valence-electron chi connectivity index (χ0n) is 13.3. The number of amides is 2. The molecular weight excluding hydrogens is 296 g/mol. The lowest BCUT2D eigenvalue weighted by molar-refractivity contribution is -0.129. The molecule has 23 heavy (non-hydrogen) atoms. The van der Waals surface area contributed by atoms with Crippen LogP contribution in [-0.2, 0) is 4.79 Å². The van der Waals surface area contributed by atoms with E-state index in [1.165, 1.54) is 19.0 Å². The highest BCUT2D eigenvalue weighted by Gasteiger charge is 2.36. The summed E-state index contributed by atoms with van der Waals surface area (Å²) in [6, 6.07) is 0.392. The van der Waals surface area contributed by atoms with Gasteiger partial charge in [-0.1, -0.05) is 12.8 Å². The van der Waals surface area contributed by atoms with Crippen LogP contribution < -0.4 is 5.56 Å². The van der Waals surface area contributed by atoms with Crippen LogP contribution in [0.3, 0.4) is 0 Å². The average molecular weight is 318 g/mol. The van der Waals surface area contributed by atoms with E-state index in [0.717, 1.165) is 25.6 Å². The van der Waals surface area contributed by atoms with Crippen molar-refractivity contribution in [2.75, 3.05) is 20.1 Å². The number of nitrogens with one attached hydrogen (secondary N) is 1. The van der Waals surface area contributed by atoms with Gasteiger partial charge in [-0.25, -0.2) is 0 Å². The van der Waals surface area contributed by atoms with Crippen LogP contribution in [0.1, 0.15) is 42.6 Å². The minimum atomic E-state index is -0.396. The lowest BCUT2D eigenvalue weighted by atomic mass is 10.1. The van der Waals surface area contributed by atoms with Crippen molar-refractivity contribution in [3.63, 3.8) is 0 Å². The maximum absolute atomic E-state index is 12.3. The highest BCUT2D eigenvalue weighted by molar-refractivity contribution is 5.91. The highest BCUT2D eigenvalue weighted by atomic mass is 16.2. The van der Waals surface area contributed by atoms with E-state index in [2.05, 4.69) is 9.97 Å². The summed E-state index contributed by atoms with van der Waals surface area (Å²) >= 11 is 0. The molecule has 2 fully saturated rings. The minimum Gasteiger partial charge on any atom is -0.340 e. The Morgan fingerprint density at radius 3 is 2.78 bits per heavy atom. The fourth-order valence-corrected chi connectivity index (χ4v) is 3.66. The van der Waals surface area contributed by atoms with Gasteiger partial charge in [-0.2, -0.15) is 0 Å². The Bertz CT molecular complexity index is 651. The molecular formula is C16H22N4O3. The second-order valence-electron chi connectivity index (χ2n) is 6.55. The first-order valence-corrected chi connectivity index (χ1v) is 8.14. The van der Waals surface area contributed by atoms with Crippen LogP contribution in [0.15, 0.2) is 17.2 Å². The second-order valence-corrected chi connectivity index (χ2v) is 6.55. The average Bonchev–Trinajstić information content (AvgIpc) is 3.16. The van der Waals surface area contributed by atoms with Crippen molar-refractivity contribution in [3.05, 3.63) is 28.4 Å². The summed E-state index contributed by atoms with van der Waals surface area (Å²) in [5.41, 5.74) is -0.218. The van der Waals surface area contributed by atoms with E-state index < -0.39 is 5.56 Å².